The lowest BCUT2D eigenvalue weighted by molar-refractivity contribution is 0.479. The molecule has 0 aliphatic heterocycles. The Labute approximate surface area is 316 Å². The van der Waals surface area contributed by atoms with Crippen LogP contribution in [0.15, 0.2) is 125 Å². The predicted octanol–water partition coefficient (Wildman–Crippen LogP) is 6.05. The van der Waals surface area contributed by atoms with Gasteiger partial charge in [-0.15, -0.1) is 10.2 Å². The molecule has 24 heteroatoms. The summed E-state index contributed by atoms with van der Waals surface area (Å²) < 4.78 is 139. The minimum Gasteiger partial charge on any atom is -0.507 e. The molecule has 0 spiro atoms. The first kappa shape index (κ1) is 39.6. The molecule has 0 unspecified atom stereocenters. The van der Waals surface area contributed by atoms with Crippen LogP contribution in [0.25, 0.3) is 32.7 Å². The van der Waals surface area contributed by atoms with Crippen LogP contribution in [0.5, 0.6) is 11.5 Å². The molecule has 0 radical (unpaired) electrons. The van der Waals surface area contributed by atoms with Gasteiger partial charge in [0.15, 0.2) is 0 Å². The number of fused-ring (bicyclic) bond motifs is 2. The highest BCUT2D eigenvalue weighted by molar-refractivity contribution is 7.87. The number of nitrogens with two attached hydrogens (primary N) is 2. The quantitative estimate of drug-likeness (QED) is 0.0466. The van der Waals surface area contributed by atoms with Crippen LogP contribution < -0.4 is 11.5 Å². The van der Waals surface area contributed by atoms with Gasteiger partial charge in [-0.25, -0.2) is 0 Å². The molecule has 0 saturated heterocycles. The van der Waals surface area contributed by atoms with Gasteiger partial charge >= 0.3 is 0 Å². The number of anilines is 2. The first-order valence-corrected chi connectivity index (χ1v) is 20.8. The van der Waals surface area contributed by atoms with E-state index in [1.54, 1.807) is 0 Å². The second-order valence-corrected chi connectivity index (χ2v) is 17.2. The molecule has 56 heavy (non-hydrogen) atoms. The zero-order valence-corrected chi connectivity index (χ0v) is 30.9. The third-order valence-electron chi connectivity index (χ3n) is 8.12. The molecule has 20 nitrogen and oxygen atoms in total. The lowest BCUT2D eigenvalue weighted by atomic mass is 10.0. The van der Waals surface area contributed by atoms with Gasteiger partial charge in [-0.3, -0.25) is 18.2 Å². The van der Waals surface area contributed by atoms with Gasteiger partial charge in [0.2, 0.25) is 0 Å². The summed E-state index contributed by atoms with van der Waals surface area (Å²) in [5, 5.41) is 35.4. The summed E-state index contributed by atoms with van der Waals surface area (Å²) in [6.07, 6.45) is 0. The molecule has 0 bridgehead atoms. The van der Waals surface area contributed by atoms with E-state index in [1.165, 1.54) is 36.4 Å². The zero-order valence-electron chi connectivity index (χ0n) is 27.6. The summed E-state index contributed by atoms with van der Waals surface area (Å²) in [5.41, 5.74) is 9.25. The second kappa shape index (κ2) is 13.9. The highest BCUT2D eigenvalue weighted by Crippen LogP contribution is 2.43. The summed E-state index contributed by atoms with van der Waals surface area (Å²) in [6.45, 7) is 0. The number of rotatable bonds is 9. The Kier molecular flexibility index (Phi) is 9.80. The number of benzene rings is 6. The highest BCUT2D eigenvalue weighted by Gasteiger charge is 2.26. The first-order valence-electron chi connectivity index (χ1n) is 15.1. The smallest absolute Gasteiger partial charge is 0.295 e. The minimum absolute atomic E-state index is 0.145. The SMILES string of the molecule is Nc1c(/N=N/c2ccc(-c3ccc(/N=N/c4cc(S(=O)(=O)O)c5cccc(O)c5c4N)cc3S(=O)(=O)O)c(S(=O)(=O)O)c2)cc(S(=O)(=O)O)c2cccc(O)c12. The normalized spacial score (nSPS) is 13.0. The molecule has 6 aromatic rings. The number of azo groups is 2. The third-order valence-corrected chi connectivity index (χ3v) is 11.7. The van der Waals surface area contributed by atoms with Gasteiger partial charge in [0.25, 0.3) is 40.5 Å². The van der Waals surface area contributed by atoms with Crippen molar-refractivity contribution in [3.8, 4) is 22.6 Å². The fourth-order valence-corrected chi connectivity index (χ4v) is 8.57. The van der Waals surface area contributed by atoms with E-state index in [2.05, 4.69) is 20.5 Å². The van der Waals surface area contributed by atoms with E-state index < -0.39 is 82.7 Å². The summed E-state index contributed by atoms with van der Waals surface area (Å²) >= 11 is 0. The fourth-order valence-electron chi connectivity index (χ4n) is 5.71. The first-order chi connectivity index (χ1) is 26.0. The van der Waals surface area contributed by atoms with Gasteiger partial charge in [0.05, 0.1) is 33.5 Å². The standard InChI is InChI=1S/C32H24N6O14S4/c33-31-21(13-27(55(47,48)49)19-3-1-5-23(39)29(19)31)37-35-15-7-9-17(25(11-15)53(41,42)43)18-10-8-16(12-26(18)54(44,45)46)36-38-22-14-28(56(50,51)52)20-4-2-6-24(40)30(20)32(22)34/h1-14,39-40H,33-34H2,(H,41,42,43)(H,44,45,46)(H,47,48,49)(H,50,51,52)/b37-35+,38-36+. The molecule has 0 amide bonds. The molecule has 0 aromatic heterocycles. The Hall–Kier alpha value is -6.12. The fraction of sp³-hybridized carbons (Fsp3) is 0. The average molecular weight is 845 g/mol. The van der Waals surface area contributed by atoms with E-state index in [-0.39, 0.29) is 55.7 Å². The number of phenolic OH excluding ortho intramolecular Hbond substituents is 2. The van der Waals surface area contributed by atoms with Crippen LogP contribution in [0, 0.1) is 0 Å². The monoisotopic (exact) mass is 844 g/mol. The number of hydrogen-bond acceptors (Lipinski definition) is 16. The van der Waals surface area contributed by atoms with Crippen LogP contribution in [-0.4, -0.2) is 62.1 Å². The Bertz CT molecular complexity index is 2980. The summed E-state index contributed by atoms with van der Waals surface area (Å²) in [4.78, 5) is -3.27. The van der Waals surface area contributed by atoms with E-state index >= 15 is 0 Å². The summed E-state index contributed by atoms with van der Waals surface area (Å²) in [7, 11) is -20.2. The van der Waals surface area contributed by atoms with E-state index in [9.17, 15) is 62.1 Å². The number of nitrogen functional groups attached to an aromatic ring is 2. The van der Waals surface area contributed by atoms with Gasteiger partial charge in [0.1, 0.15) is 42.5 Å². The van der Waals surface area contributed by atoms with Crippen LogP contribution in [0.4, 0.5) is 34.1 Å². The maximum absolute atomic E-state index is 12.6. The molecule has 6 aromatic carbocycles. The third kappa shape index (κ3) is 7.57. The molecule has 6 rings (SSSR count). The largest absolute Gasteiger partial charge is 0.507 e. The van der Waals surface area contributed by atoms with Crippen molar-refractivity contribution in [3.05, 3.63) is 84.9 Å². The van der Waals surface area contributed by atoms with Crippen LogP contribution in [0.3, 0.4) is 0 Å². The Morgan fingerprint density at radius 2 is 0.768 bits per heavy atom. The Balaban J connectivity index is 1.45. The van der Waals surface area contributed by atoms with Crippen molar-refractivity contribution in [2.45, 2.75) is 19.6 Å². The number of phenols is 2. The summed E-state index contributed by atoms with van der Waals surface area (Å²) in [6, 6.07) is 14.9. The van der Waals surface area contributed by atoms with E-state index in [4.69, 9.17) is 11.5 Å². The van der Waals surface area contributed by atoms with Crippen LogP contribution in [0.1, 0.15) is 0 Å². The van der Waals surface area contributed by atoms with Gasteiger partial charge in [-0.1, -0.05) is 36.4 Å². The molecular weight excluding hydrogens is 821 g/mol. The molecule has 10 N–H and O–H groups in total. The van der Waals surface area contributed by atoms with Crippen molar-refractivity contribution >= 4 is 96.1 Å². The van der Waals surface area contributed by atoms with Gasteiger partial charge in [-0.2, -0.15) is 43.9 Å². The van der Waals surface area contributed by atoms with Crippen LogP contribution >= 0.6 is 0 Å². The number of hydrogen-bond donors (Lipinski definition) is 8. The van der Waals surface area contributed by atoms with E-state index in [1.807, 2.05) is 0 Å². The molecule has 0 saturated carbocycles. The van der Waals surface area contributed by atoms with Gasteiger partial charge < -0.3 is 21.7 Å². The van der Waals surface area contributed by atoms with Crippen molar-refractivity contribution in [2.24, 2.45) is 20.5 Å². The average Bonchev–Trinajstić information content (AvgIpc) is 3.09. The Morgan fingerprint density at radius 3 is 1.09 bits per heavy atom. The molecular formula is C32H24N6O14S4. The van der Waals surface area contributed by atoms with Gasteiger partial charge in [-0.05, 0) is 48.5 Å². The van der Waals surface area contributed by atoms with Crippen molar-refractivity contribution in [2.75, 3.05) is 11.5 Å². The van der Waals surface area contributed by atoms with Crippen molar-refractivity contribution in [3.63, 3.8) is 0 Å². The van der Waals surface area contributed by atoms with Crippen molar-refractivity contribution in [1.29, 1.82) is 0 Å². The van der Waals surface area contributed by atoms with Crippen LogP contribution in [-0.2, 0) is 40.5 Å². The van der Waals surface area contributed by atoms with Gasteiger partial charge in [0, 0.05) is 21.9 Å². The topological polar surface area (TPSA) is 359 Å². The van der Waals surface area contributed by atoms with Crippen molar-refractivity contribution < 1.29 is 62.1 Å². The lowest BCUT2D eigenvalue weighted by Crippen LogP contribution is -2.05. The molecule has 0 aliphatic rings. The zero-order chi connectivity index (χ0) is 41.1. The van der Waals surface area contributed by atoms with E-state index in [0.717, 1.165) is 48.5 Å². The van der Waals surface area contributed by atoms with Crippen LogP contribution in [0.2, 0.25) is 0 Å². The molecule has 0 aliphatic carbocycles. The molecule has 290 valence electrons. The maximum Gasteiger partial charge on any atom is 0.295 e. The number of nitrogens with zero attached hydrogens (tertiary/aromatic N) is 4. The molecule has 0 heterocycles. The highest BCUT2D eigenvalue weighted by atomic mass is 32.2. The van der Waals surface area contributed by atoms with E-state index in [0.29, 0.717) is 0 Å². The lowest BCUT2D eigenvalue weighted by Gasteiger charge is -2.13. The Morgan fingerprint density at radius 1 is 0.429 bits per heavy atom. The number of aromatic hydroxyl groups is 2. The minimum atomic E-state index is -5.21. The second-order valence-electron chi connectivity index (χ2n) is 11.7. The molecule has 0 atom stereocenters. The van der Waals surface area contributed by atoms with Crippen molar-refractivity contribution in [1.82, 2.24) is 0 Å². The molecule has 0 fully saturated rings. The predicted molar refractivity (Wildman–Crippen MR) is 200 cm³/mol. The maximum atomic E-state index is 12.6. The summed E-state index contributed by atoms with van der Waals surface area (Å²) in [5.74, 6) is -0.932.